The van der Waals surface area contributed by atoms with Crippen LogP contribution in [-0.4, -0.2) is 22.7 Å². The van der Waals surface area contributed by atoms with Crippen LogP contribution in [0.2, 0.25) is 0 Å². The van der Waals surface area contributed by atoms with Gasteiger partial charge in [0, 0.05) is 24.3 Å². The van der Waals surface area contributed by atoms with Crippen LogP contribution in [0.25, 0.3) is 0 Å². The van der Waals surface area contributed by atoms with Crippen LogP contribution in [0.5, 0.6) is 0 Å². The highest BCUT2D eigenvalue weighted by Crippen LogP contribution is 2.24. The maximum Gasteiger partial charge on any atom is 0.322 e. The number of primary amides is 1. The van der Waals surface area contributed by atoms with Crippen LogP contribution >= 0.6 is 0 Å². The van der Waals surface area contributed by atoms with Crippen LogP contribution in [0.1, 0.15) is 33.1 Å². The molecule has 32 heavy (non-hydrogen) atoms. The number of carbonyl (C=O) groups is 3. The van der Waals surface area contributed by atoms with Crippen LogP contribution in [0.3, 0.4) is 0 Å². The molecule has 0 saturated carbocycles. The van der Waals surface area contributed by atoms with Gasteiger partial charge >= 0.3 is 6.03 Å². The molecule has 0 aromatic heterocycles. The van der Waals surface area contributed by atoms with E-state index in [1.165, 1.54) is 12.1 Å². The lowest BCUT2D eigenvalue weighted by Crippen LogP contribution is -2.37. The van der Waals surface area contributed by atoms with Gasteiger partial charge < -0.3 is 21.3 Å². The summed E-state index contributed by atoms with van der Waals surface area (Å²) in [6.45, 7) is 0.726. The third-order valence-electron chi connectivity index (χ3n) is 5.27. The number of nitrogens with one attached hydrogen (secondary N) is 2. The van der Waals surface area contributed by atoms with Gasteiger partial charge in [-0.25, -0.2) is 9.18 Å². The first-order valence-corrected chi connectivity index (χ1v) is 9.99. The fourth-order valence-corrected chi connectivity index (χ4v) is 3.59. The second kappa shape index (κ2) is 8.89. The number of hydrogen-bond acceptors (Lipinski definition) is 3. The Morgan fingerprint density at radius 3 is 2.28 bits per heavy atom. The van der Waals surface area contributed by atoms with E-state index in [-0.39, 0.29) is 11.8 Å². The summed E-state index contributed by atoms with van der Waals surface area (Å²) in [7, 11) is 0. The molecule has 0 fully saturated rings. The Morgan fingerprint density at radius 1 is 0.906 bits per heavy atom. The first-order valence-electron chi connectivity index (χ1n) is 9.99. The van der Waals surface area contributed by atoms with Crippen molar-refractivity contribution in [2.75, 3.05) is 5.32 Å². The van der Waals surface area contributed by atoms with E-state index in [9.17, 15) is 18.8 Å². The third-order valence-corrected chi connectivity index (χ3v) is 5.27. The molecule has 4 N–H and O–H groups in total. The van der Waals surface area contributed by atoms with Gasteiger partial charge in [0.25, 0.3) is 5.91 Å². The number of rotatable bonds is 5. The lowest BCUT2D eigenvalue weighted by molar-refractivity contribution is -0.120. The molecular weight excluding hydrogens is 411 g/mol. The summed E-state index contributed by atoms with van der Waals surface area (Å²) in [5.74, 6) is -1.46. The number of nitrogens with two attached hydrogens (primary N) is 1. The summed E-state index contributed by atoms with van der Waals surface area (Å²) in [6, 6.07) is 18.2. The summed E-state index contributed by atoms with van der Waals surface area (Å²) in [5.41, 5.74) is 8.55. The second-order valence-electron chi connectivity index (χ2n) is 7.50. The zero-order valence-electron chi connectivity index (χ0n) is 17.0. The van der Waals surface area contributed by atoms with E-state index < -0.39 is 17.9 Å². The van der Waals surface area contributed by atoms with Crippen molar-refractivity contribution in [1.29, 1.82) is 0 Å². The summed E-state index contributed by atoms with van der Waals surface area (Å²) in [5, 5.41) is 5.40. The summed E-state index contributed by atoms with van der Waals surface area (Å²) < 4.78 is 13.4. The number of fused-ring (bicyclic) bond motifs is 1. The van der Waals surface area contributed by atoms with Gasteiger partial charge in [-0.05, 0) is 53.1 Å². The molecule has 1 aliphatic rings. The van der Waals surface area contributed by atoms with E-state index in [1.54, 1.807) is 65.6 Å². The molecule has 1 unspecified atom stereocenters. The number of nitrogens with zero attached hydrogens (tertiary/aromatic N) is 1. The molecule has 8 heteroatoms. The highest BCUT2D eigenvalue weighted by atomic mass is 19.1. The first kappa shape index (κ1) is 21.0. The first-order chi connectivity index (χ1) is 15.4. The van der Waals surface area contributed by atoms with Crippen molar-refractivity contribution in [2.24, 2.45) is 5.73 Å². The molecule has 4 amide bonds. The van der Waals surface area contributed by atoms with Crippen molar-refractivity contribution in [2.45, 2.75) is 19.1 Å². The molecule has 0 saturated heterocycles. The van der Waals surface area contributed by atoms with Crippen LogP contribution in [-0.2, 0) is 17.9 Å². The third kappa shape index (κ3) is 4.59. The van der Waals surface area contributed by atoms with Gasteiger partial charge in [0.2, 0.25) is 5.91 Å². The van der Waals surface area contributed by atoms with Crippen molar-refractivity contribution >= 4 is 23.5 Å². The van der Waals surface area contributed by atoms with Gasteiger partial charge in [-0.15, -0.1) is 0 Å². The maximum absolute atomic E-state index is 13.4. The number of hydrogen-bond donors (Lipinski definition) is 3. The SMILES string of the molecule is NC(=O)C(NC(=O)c1ccc(NC(=O)N2Cc3ccc(F)cc3C2)cc1)c1ccccc1. The monoisotopic (exact) mass is 432 g/mol. The van der Waals surface area contributed by atoms with Crippen molar-refractivity contribution in [3.8, 4) is 0 Å². The van der Waals surface area contributed by atoms with E-state index in [1.807, 2.05) is 0 Å². The molecule has 0 spiro atoms. The van der Waals surface area contributed by atoms with Gasteiger partial charge in [-0.2, -0.15) is 0 Å². The molecule has 0 aliphatic carbocycles. The topological polar surface area (TPSA) is 105 Å². The lowest BCUT2D eigenvalue weighted by Gasteiger charge is -2.17. The maximum atomic E-state index is 13.4. The van der Waals surface area contributed by atoms with Gasteiger partial charge in [0.1, 0.15) is 11.9 Å². The molecule has 0 bridgehead atoms. The van der Waals surface area contributed by atoms with E-state index in [4.69, 9.17) is 5.73 Å². The Morgan fingerprint density at radius 2 is 1.59 bits per heavy atom. The van der Waals surface area contributed by atoms with Crippen LogP contribution in [0.15, 0.2) is 72.8 Å². The van der Waals surface area contributed by atoms with Crippen LogP contribution < -0.4 is 16.4 Å². The minimum absolute atomic E-state index is 0.314. The van der Waals surface area contributed by atoms with Gasteiger partial charge in [0.15, 0.2) is 0 Å². The van der Waals surface area contributed by atoms with Crippen molar-refractivity contribution in [3.63, 3.8) is 0 Å². The fourth-order valence-electron chi connectivity index (χ4n) is 3.59. The minimum Gasteiger partial charge on any atom is -0.368 e. The Balaban J connectivity index is 1.38. The zero-order chi connectivity index (χ0) is 22.7. The largest absolute Gasteiger partial charge is 0.368 e. The molecule has 1 atom stereocenters. The highest BCUT2D eigenvalue weighted by molar-refractivity contribution is 5.98. The van der Waals surface area contributed by atoms with Crippen LogP contribution in [0.4, 0.5) is 14.9 Å². The number of amides is 4. The van der Waals surface area contributed by atoms with Crippen LogP contribution in [0, 0.1) is 5.82 Å². The molecule has 1 heterocycles. The second-order valence-corrected chi connectivity index (χ2v) is 7.50. The Kier molecular flexibility index (Phi) is 5.85. The number of urea groups is 1. The highest BCUT2D eigenvalue weighted by Gasteiger charge is 2.24. The zero-order valence-corrected chi connectivity index (χ0v) is 17.0. The Labute approximate surface area is 184 Å². The smallest absolute Gasteiger partial charge is 0.322 e. The predicted octanol–water partition coefficient (Wildman–Crippen LogP) is 3.33. The number of benzene rings is 3. The van der Waals surface area contributed by atoms with Crippen molar-refractivity contribution in [1.82, 2.24) is 10.2 Å². The predicted molar refractivity (Wildman–Crippen MR) is 117 cm³/mol. The molecule has 3 aromatic carbocycles. The molecule has 162 valence electrons. The molecule has 4 rings (SSSR count). The standard InChI is InChI=1S/C24H21FN4O3/c25-19-9-6-17-13-29(14-18(17)12-19)24(32)27-20-10-7-16(8-11-20)23(31)28-21(22(26)30)15-4-2-1-3-5-15/h1-12,21H,13-14H2,(H2,26,30)(H,27,32)(H,28,31). The Hall–Kier alpha value is -4.20. The summed E-state index contributed by atoms with van der Waals surface area (Å²) in [6.07, 6.45) is 0. The van der Waals surface area contributed by atoms with E-state index in [0.717, 1.165) is 11.1 Å². The van der Waals surface area contributed by atoms with Crippen molar-refractivity contribution in [3.05, 3.63) is 101 Å². The summed E-state index contributed by atoms with van der Waals surface area (Å²) >= 11 is 0. The molecule has 7 nitrogen and oxygen atoms in total. The van der Waals surface area contributed by atoms with E-state index in [0.29, 0.717) is 29.9 Å². The van der Waals surface area contributed by atoms with Gasteiger partial charge in [0.05, 0.1) is 0 Å². The lowest BCUT2D eigenvalue weighted by atomic mass is 10.1. The average molecular weight is 432 g/mol. The quantitative estimate of drug-likeness (QED) is 0.576. The molecular formula is C24H21FN4O3. The van der Waals surface area contributed by atoms with E-state index >= 15 is 0 Å². The van der Waals surface area contributed by atoms with Crippen molar-refractivity contribution < 1.29 is 18.8 Å². The summed E-state index contributed by atoms with van der Waals surface area (Å²) in [4.78, 5) is 38.5. The van der Waals surface area contributed by atoms with Gasteiger partial charge in [-0.3, -0.25) is 9.59 Å². The van der Waals surface area contributed by atoms with Gasteiger partial charge in [-0.1, -0.05) is 36.4 Å². The minimum atomic E-state index is -0.954. The molecule has 0 radical (unpaired) electrons. The number of halogens is 1. The Bertz CT molecular complexity index is 1170. The number of carbonyl (C=O) groups excluding carboxylic acids is 3. The van der Waals surface area contributed by atoms with E-state index in [2.05, 4.69) is 10.6 Å². The average Bonchev–Trinajstić information content (AvgIpc) is 3.21. The number of anilines is 1. The molecule has 1 aliphatic heterocycles. The fraction of sp³-hybridized carbons (Fsp3) is 0.125. The normalized spacial score (nSPS) is 13.2. The molecule has 3 aromatic rings.